The predicted octanol–water partition coefficient (Wildman–Crippen LogP) is 2.38. The highest BCUT2D eigenvalue weighted by Gasteiger charge is 2.09. The quantitative estimate of drug-likeness (QED) is 0.820. The highest BCUT2D eigenvalue weighted by Crippen LogP contribution is 2.11. The van der Waals surface area contributed by atoms with Crippen molar-refractivity contribution in [2.24, 2.45) is 0 Å². The van der Waals surface area contributed by atoms with Crippen LogP contribution >= 0.6 is 0 Å². The van der Waals surface area contributed by atoms with Gasteiger partial charge in [-0.25, -0.2) is 4.79 Å². The van der Waals surface area contributed by atoms with Crippen LogP contribution in [0.15, 0.2) is 54.6 Å². The second-order valence-electron chi connectivity index (χ2n) is 4.93. The number of carbonyl (C=O) groups is 1. The van der Waals surface area contributed by atoms with Crippen molar-refractivity contribution >= 4 is 5.97 Å². The first-order valence-electron chi connectivity index (χ1n) is 6.88. The molecule has 0 heterocycles. The van der Waals surface area contributed by atoms with Gasteiger partial charge in [0.1, 0.15) is 0 Å². The molecule has 0 amide bonds. The molecule has 0 aliphatic carbocycles. The molecule has 0 saturated carbocycles. The summed E-state index contributed by atoms with van der Waals surface area (Å²) in [6.07, 6.45) is 0. The molecule has 21 heavy (non-hydrogen) atoms. The molecular weight excluding hydrogens is 266 g/mol. The molecule has 2 N–H and O–H groups in total. The van der Waals surface area contributed by atoms with E-state index < -0.39 is 5.97 Å². The van der Waals surface area contributed by atoms with E-state index in [1.54, 1.807) is 18.2 Å². The molecule has 0 aliphatic rings. The summed E-state index contributed by atoms with van der Waals surface area (Å²) in [6.45, 7) is 1.95. The number of carboxylic acids is 1. The van der Waals surface area contributed by atoms with E-state index in [9.17, 15) is 9.90 Å². The van der Waals surface area contributed by atoms with Crippen LogP contribution in [0.3, 0.4) is 0 Å². The molecular formula is C17H19NO3. The van der Waals surface area contributed by atoms with Crippen molar-refractivity contribution in [2.75, 3.05) is 13.2 Å². The molecule has 2 aromatic carbocycles. The number of hydrogen-bond donors (Lipinski definition) is 2. The predicted molar refractivity (Wildman–Crippen MR) is 81.0 cm³/mol. The van der Waals surface area contributed by atoms with Crippen LogP contribution in [-0.4, -0.2) is 34.2 Å². The van der Waals surface area contributed by atoms with Crippen LogP contribution in [-0.2, 0) is 13.1 Å². The standard InChI is InChI=1S/C17H19NO3/c19-10-9-18(12-14-5-2-1-3-6-14)13-15-7-4-8-16(11-15)17(20)21/h1-8,11,19H,9-10,12-13H2,(H,20,21). The molecule has 0 saturated heterocycles. The third kappa shape index (κ3) is 4.70. The zero-order valence-electron chi connectivity index (χ0n) is 11.8. The van der Waals surface area contributed by atoms with Gasteiger partial charge in [0, 0.05) is 19.6 Å². The van der Waals surface area contributed by atoms with Crippen LogP contribution in [0, 0.1) is 0 Å². The molecule has 0 bridgehead atoms. The smallest absolute Gasteiger partial charge is 0.335 e. The molecule has 0 aromatic heterocycles. The number of nitrogens with zero attached hydrogens (tertiary/aromatic N) is 1. The number of hydrogen-bond acceptors (Lipinski definition) is 3. The summed E-state index contributed by atoms with van der Waals surface area (Å²) < 4.78 is 0. The molecule has 2 rings (SSSR count). The summed E-state index contributed by atoms with van der Waals surface area (Å²) in [7, 11) is 0. The van der Waals surface area contributed by atoms with Gasteiger partial charge in [0.05, 0.1) is 12.2 Å². The molecule has 4 heteroatoms. The monoisotopic (exact) mass is 285 g/mol. The number of aliphatic hydroxyl groups excluding tert-OH is 1. The highest BCUT2D eigenvalue weighted by atomic mass is 16.4. The molecule has 0 spiro atoms. The van der Waals surface area contributed by atoms with Crippen molar-refractivity contribution in [3.8, 4) is 0 Å². The zero-order chi connectivity index (χ0) is 15.1. The SMILES string of the molecule is O=C(O)c1cccc(CN(CCO)Cc2ccccc2)c1. The molecule has 0 aliphatic heterocycles. The Hall–Kier alpha value is -2.17. The Morgan fingerprint density at radius 2 is 1.62 bits per heavy atom. The Morgan fingerprint density at radius 1 is 0.952 bits per heavy atom. The van der Waals surface area contributed by atoms with Gasteiger partial charge in [0.15, 0.2) is 0 Å². The maximum absolute atomic E-state index is 11.0. The molecule has 110 valence electrons. The van der Waals surface area contributed by atoms with E-state index in [1.807, 2.05) is 36.4 Å². The van der Waals surface area contributed by atoms with E-state index in [4.69, 9.17) is 5.11 Å². The van der Waals surface area contributed by atoms with Crippen molar-refractivity contribution in [2.45, 2.75) is 13.1 Å². The summed E-state index contributed by atoms with van der Waals surface area (Å²) in [4.78, 5) is 13.1. The lowest BCUT2D eigenvalue weighted by Crippen LogP contribution is -2.26. The van der Waals surface area contributed by atoms with Crippen molar-refractivity contribution in [3.05, 3.63) is 71.3 Å². The zero-order valence-corrected chi connectivity index (χ0v) is 11.8. The maximum atomic E-state index is 11.0. The minimum Gasteiger partial charge on any atom is -0.478 e. The van der Waals surface area contributed by atoms with Crippen molar-refractivity contribution in [1.29, 1.82) is 0 Å². The number of benzene rings is 2. The first kappa shape index (κ1) is 15.2. The van der Waals surface area contributed by atoms with Crippen LogP contribution in [0.4, 0.5) is 0 Å². The van der Waals surface area contributed by atoms with Gasteiger partial charge in [0.2, 0.25) is 0 Å². The largest absolute Gasteiger partial charge is 0.478 e. The van der Waals surface area contributed by atoms with E-state index in [2.05, 4.69) is 4.90 Å². The Labute approximate surface area is 124 Å². The summed E-state index contributed by atoms with van der Waals surface area (Å²) >= 11 is 0. The lowest BCUT2D eigenvalue weighted by Gasteiger charge is -2.21. The van der Waals surface area contributed by atoms with E-state index >= 15 is 0 Å². The summed E-state index contributed by atoms with van der Waals surface area (Å²) in [5, 5.41) is 18.2. The molecule has 0 atom stereocenters. The van der Waals surface area contributed by atoms with Gasteiger partial charge in [0.25, 0.3) is 0 Å². The summed E-state index contributed by atoms with van der Waals surface area (Å²) in [6, 6.07) is 16.9. The lowest BCUT2D eigenvalue weighted by molar-refractivity contribution is 0.0696. The van der Waals surface area contributed by atoms with Crippen LogP contribution in [0.5, 0.6) is 0 Å². The number of aliphatic hydroxyl groups is 1. The molecule has 4 nitrogen and oxygen atoms in total. The molecule has 0 radical (unpaired) electrons. The van der Waals surface area contributed by atoms with Crippen LogP contribution in [0.25, 0.3) is 0 Å². The van der Waals surface area contributed by atoms with Gasteiger partial charge < -0.3 is 10.2 Å². The minimum absolute atomic E-state index is 0.0749. The van der Waals surface area contributed by atoms with E-state index in [0.717, 1.165) is 12.1 Å². The van der Waals surface area contributed by atoms with Crippen molar-refractivity contribution in [3.63, 3.8) is 0 Å². The second kappa shape index (κ2) is 7.57. The number of rotatable bonds is 7. The topological polar surface area (TPSA) is 60.8 Å². The molecule has 2 aromatic rings. The maximum Gasteiger partial charge on any atom is 0.335 e. The van der Waals surface area contributed by atoms with Gasteiger partial charge in [-0.3, -0.25) is 4.90 Å². The van der Waals surface area contributed by atoms with Gasteiger partial charge >= 0.3 is 5.97 Å². The van der Waals surface area contributed by atoms with Crippen LogP contribution in [0.1, 0.15) is 21.5 Å². The van der Waals surface area contributed by atoms with E-state index in [0.29, 0.717) is 13.1 Å². The average molecular weight is 285 g/mol. The third-order valence-corrected chi connectivity index (χ3v) is 3.25. The molecule has 0 unspecified atom stereocenters. The van der Waals surface area contributed by atoms with Crippen LogP contribution < -0.4 is 0 Å². The van der Waals surface area contributed by atoms with Gasteiger partial charge in [-0.1, -0.05) is 42.5 Å². The Balaban J connectivity index is 2.09. The Bertz CT molecular complexity index is 584. The fraction of sp³-hybridized carbons (Fsp3) is 0.235. The first-order chi connectivity index (χ1) is 10.2. The van der Waals surface area contributed by atoms with E-state index in [-0.39, 0.29) is 12.2 Å². The number of aromatic carboxylic acids is 1. The molecule has 0 fully saturated rings. The van der Waals surface area contributed by atoms with Gasteiger partial charge in [-0.2, -0.15) is 0 Å². The third-order valence-electron chi connectivity index (χ3n) is 3.25. The minimum atomic E-state index is -0.923. The highest BCUT2D eigenvalue weighted by molar-refractivity contribution is 5.87. The Morgan fingerprint density at radius 3 is 2.29 bits per heavy atom. The van der Waals surface area contributed by atoms with Gasteiger partial charge in [-0.05, 0) is 23.3 Å². The fourth-order valence-electron chi connectivity index (χ4n) is 2.26. The summed E-state index contributed by atoms with van der Waals surface area (Å²) in [5.74, 6) is -0.923. The first-order valence-corrected chi connectivity index (χ1v) is 6.88. The lowest BCUT2D eigenvalue weighted by atomic mass is 10.1. The normalized spacial score (nSPS) is 10.8. The number of carboxylic acid groups (broad SMARTS) is 1. The van der Waals surface area contributed by atoms with E-state index in [1.165, 1.54) is 5.56 Å². The Kier molecular flexibility index (Phi) is 5.49. The van der Waals surface area contributed by atoms with Crippen LogP contribution in [0.2, 0.25) is 0 Å². The second-order valence-corrected chi connectivity index (χ2v) is 4.93. The van der Waals surface area contributed by atoms with Gasteiger partial charge in [-0.15, -0.1) is 0 Å². The van der Waals surface area contributed by atoms with Crippen molar-refractivity contribution in [1.82, 2.24) is 4.90 Å². The average Bonchev–Trinajstić information content (AvgIpc) is 2.49. The van der Waals surface area contributed by atoms with Crippen molar-refractivity contribution < 1.29 is 15.0 Å². The summed E-state index contributed by atoms with van der Waals surface area (Å²) in [5.41, 5.74) is 2.38. The fourth-order valence-corrected chi connectivity index (χ4v) is 2.26.